The smallest absolute Gasteiger partial charge is 0.146 e. The molecule has 1 aromatic rings. The quantitative estimate of drug-likeness (QED) is 0.431. The number of rotatable bonds is 8. The Balaban J connectivity index is 3.04. The molecule has 0 atom stereocenters. The van der Waals surface area contributed by atoms with Crippen molar-refractivity contribution in [3.05, 3.63) is 33.3 Å². The highest BCUT2D eigenvalue weighted by Gasteiger charge is 2.14. The summed E-state index contributed by atoms with van der Waals surface area (Å²) in [5.41, 5.74) is 1.15. The van der Waals surface area contributed by atoms with Gasteiger partial charge in [-0.05, 0) is 19.1 Å². The molecule has 1 aromatic carbocycles. The normalized spacial score (nSPS) is 11.1. The van der Waals surface area contributed by atoms with E-state index in [1.807, 2.05) is 0 Å². The van der Waals surface area contributed by atoms with Crippen LogP contribution in [0.2, 0.25) is 5.02 Å². The van der Waals surface area contributed by atoms with E-state index >= 15 is 0 Å². The summed E-state index contributed by atoms with van der Waals surface area (Å²) in [6.07, 6.45) is 1.51. The van der Waals surface area contributed by atoms with Gasteiger partial charge in [0, 0.05) is 11.6 Å². The molecule has 1 rings (SSSR count). The van der Waals surface area contributed by atoms with Crippen LogP contribution >= 0.6 is 34.8 Å². The van der Waals surface area contributed by atoms with E-state index in [0.717, 1.165) is 0 Å². The second kappa shape index (κ2) is 9.79. The molecule has 0 aliphatic rings. The second-order valence-corrected chi connectivity index (χ2v) is 5.44. The van der Waals surface area contributed by atoms with E-state index in [1.165, 1.54) is 13.2 Å². The van der Waals surface area contributed by atoms with Gasteiger partial charge in [0.1, 0.15) is 29.2 Å². The summed E-state index contributed by atoms with van der Waals surface area (Å²) in [6, 6.07) is 3.32. The first kappa shape index (κ1) is 18.9. The van der Waals surface area contributed by atoms with E-state index in [4.69, 9.17) is 54.2 Å². The Morgan fingerprint density at radius 3 is 2.68 bits per heavy atom. The van der Waals surface area contributed by atoms with Crippen LogP contribution in [0.4, 0.5) is 0 Å². The Bertz CT molecular complexity index is 557. The lowest BCUT2D eigenvalue weighted by molar-refractivity contribution is 0.0986. The Hall–Kier alpha value is -1.14. The third kappa shape index (κ3) is 5.93. The number of hydrogen-bond donors (Lipinski definition) is 1. The minimum Gasteiger partial charge on any atom is -0.494 e. The number of ether oxygens (including phenoxy) is 2. The third-order valence-corrected chi connectivity index (χ3v) is 3.07. The van der Waals surface area contributed by atoms with E-state index in [0.29, 0.717) is 27.8 Å². The zero-order valence-corrected chi connectivity index (χ0v) is 14.4. The maximum atomic E-state index is 8.69. The molecule has 0 bridgehead atoms. The number of hydrogen-bond acceptors (Lipinski definition) is 5. The number of aliphatic hydroxyl groups excluding tert-OH is 1. The fourth-order valence-corrected chi connectivity index (χ4v) is 1.97. The van der Waals surface area contributed by atoms with Crippen molar-refractivity contribution in [3.63, 3.8) is 0 Å². The van der Waals surface area contributed by atoms with E-state index in [-0.39, 0.29) is 24.3 Å². The van der Waals surface area contributed by atoms with Gasteiger partial charge in [-0.2, -0.15) is 0 Å². The molecule has 0 saturated carbocycles. The molecule has 0 heterocycles. The minimum absolute atomic E-state index is 0.0998. The lowest BCUT2D eigenvalue weighted by Crippen LogP contribution is -2.04. The third-order valence-electron chi connectivity index (χ3n) is 2.48. The SMILES string of the molecule is COc1c(Cl)cc(OCC=C(Cl)Cl)cc1C(C)=NOCCO. The number of nitrogens with zero attached hydrogens (tertiary/aromatic N) is 1. The van der Waals surface area contributed by atoms with Crippen LogP contribution in [0.15, 0.2) is 27.9 Å². The van der Waals surface area contributed by atoms with Crippen molar-refractivity contribution in [1.82, 2.24) is 0 Å². The van der Waals surface area contributed by atoms with Crippen LogP contribution in [-0.4, -0.2) is 37.7 Å². The maximum absolute atomic E-state index is 8.69. The molecular weight excluding hydrogens is 353 g/mol. The molecule has 0 saturated heterocycles. The van der Waals surface area contributed by atoms with Crippen LogP contribution in [0.3, 0.4) is 0 Å². The van der Waals surface area contributed by atoms with E-state index < -0.39 is 0 Å². The highest BCUT2D eigenvalue weighted by atomic mass is 35.5. The molecule has 0 radical (unpaired) electrons. The van der Waals surface area contributed by atoms with Crippen LogP contribution in [0.1, 0.15) is 12.5 Å². The highest BCUT2D eigenvalue weighted by Crippen LogP contribution is 2.34. The summed E-state index contributed by atoms with van der Waals surface area (Å²) in [5, 5.41) is 13.0. The summed E-state index contributed by atoms with van der Waals surface area (Å²) in [6.45, 7) is 1.90. The lowest BCUT2D eigenvalue weighted by atomic mass is 10.1. The average molecular weight is 369 g/mol. The van der Waals surface area contributed by atoms with Crippen LogP contribution in [-0.2, 0) is 4.84 Å². The van der Waals surface area contributed by atoms with E-state index in [1.54, 1.807) is 19.1 Å². The molecule has 0 fully saturated rings. The van der Waals surface area contributed by atoms with E-state index in [9.17, 15) is 0 Å². The fourth-order valence-electron chi connectivity index (χ4n) is 1.56. The summed E-state index contributed by atoms with van der Waals surface area (Å²) >= 11 is 17.2. The predicted octanol–water partition coefficient (Wildman–Crippen LogP) is 3.78. The fraction of sp³-hybridized carbons (Fsp3) is 0.357. The molecule has 0 aliphatic carbocycles. The van der Waals surface area contributed by atoms with Gasteiger partial charge in [0.05, 0.1) is 24.5 Å². The topological polar surface area (TPSA) is 60.3 Å². The van der Waals surface area contributed by atoms with Crippen LogP contribution in [0.5, 0.6) is 11.5 Å². The average Bonchev–Trinajstić information content (AvgIpc) is 2.46. The van der Waals surface area contributed by atoms with Crippen molar-refractivity contribution in [2.75, 3.05) is 26.9 Å². The minimum atomic E-state index is -0.122. The molecular formula is C14H16Cl3NO4. The molecule has 0 amide bonds. The number of halogens is 3. The van der Waals surface area contributed by atoms with Gasteiger partial charge in [0.2, 0.25) is 0 Å². The number of methoxy groups -OCH3 is 1. The van der Waals surface area contributed by atoms with Gasteiger partial charge >= 0.3 is 0 Å². The highest BCUT2D eigenvalue weighted by molar-refractivity contribution is 6.55. The first-order valence-corrected chi connectivity index (χ1v) is 7.42. The van der Waals surface area contributed by atoms with Crippen molar-refractivity contribution >= 4 is 40.5 Å². The van der Waals surface area contributed by atoms with Crippen molar-refractivity contribution in [1.29, 1.82) is 0 Å². The summed E-state index contributed by atoms with van der Waals surface area (Å²) < 4.78 is 10.9. The van der Waals surface area contributed by atoms with Gasteiger partial charge in [-0.1, -0.05) is 40.0 Å². The van der Waals surface area contributed by atoms with Gasteiger partial charge in [0.25, 0.3) is 0 Å². The zero-order valence-electron chi connectivity index (χ0n) is 12.1. The van der Waals surface area contributed by atoms with Crippen LogP contribution in [0.25, 0.3) is 0 Å². The molecule has 0 aromatic heterocycles. The number of aliphatic hydroxyl groups is 1. The zero-order chi connectivity index (χ0) is 16.5. The van der Waals surface area contributed by atoms with Gasteiger partial charge in [-0.25, -0.2) is 0 Å². The Morgan fingerprint density at radius 2 is 2.09 bits per heavy atom. The van der Waals surface area contributed by atoms with E-state index in [2.05, 4.69) is 5.16 Å². The largest absolute Gasteiger partial charge is 0.494 e. The molecule has 22 heavy (non-hydrogen) atoms. The monoisotopic (exact) mass is 367 g/mol. The Labute approximate surface area is 144 Å². The Morgan fingerprint density at radius 1 is 1.36 bits per heavy atom. The van der Waals surface area contributed by atoms with Crippen molar-refractivity contribution in [2.24, 2.45) is 5.16 Å². The molecule has 122 valence electrons. The molecule has 0 unspecified atom stereocenters. The summed E-state index contributed by atoms with van der Waals surface area (Å²) in [5.74, 6) is 0.956. The van der Waals surface area contributed by atoms with Gasteiger partial charge in [-0.15, -0.1) is 0 Å². The summed E-state index contributed by atoms with van der Waals surface area (Å²) in [7, 11) is 1.50. The van der Waals surface area contributed by atoms with Crippen LogP contribution in [0, 0.1) is 0 Å². The molecule has 0 aliphatic heterocycles. The molecule has 0 spiro atoms. The Kier molecular flexibility index (Phi) is 8.42. The van der Waals surface area contributed by atoms with Gasteiger partial charge in [-0.3, -0.25) is 0 Å². The van der Waals surface area contributed by atoms with Gasteiger partial charge < -0.3 is 19.4 Å². The van der Waals surface area contributed by atoms with Gasteiger partial charge in [0.15, 0.2) is 0 Å². The summed E-state index contributed by atoms with van der Waals surface area (Å²) in [4.78, 5) is 4.94. The lowest BCUT2D eigenvalue weighted by Gasteiger charge is -2.13. The first-order valence-electron chi connectivity index (χ1n) is 6.28. The van der Waals surface area contributed by atoms with Crippen LogP contribution < -0.4 is 9.47 Å². The standard InChI is InChI=1S/C14H16Cl3NO4/c1-9(18-22-6-4-19)11-7-10(21-5-3-13(16)17)8-12(15)14(11)20-2/h3,7-8,19H,4-6H2,1-2H3. The molecule has 8 heteroatoms. The first-order chi connectivity index (χ1) is 10.5. The maximum Gasteiger partial charge on any atom is 0.146 e. The second-order valence-electron chi connectivity index (χ2n) is 4.02. The van der Waals surface area contributed by atoms with Crippen molar-refractivity contribution in [3.8, 4) is 11.5 Å². The number of oxime groups is 1. The predicted molar refractivity (Wildman–Crippen MR) is 88.5 cm³/mol. The molecule has 5 nitrogen and oxygen atoms in total. The molecule has 1 N–H and O–H groups in total. The number of benzene rings is 1. The van der Waals surface area contributed by atoms with Crippen molar-refractivity contribution in [2.45, 2.75) is 6.92 Å². The van der Waals surface area contributed by atoms with Crippen molar-refractivity contribution < 1.29 is 19.4 Å².